The molecule has 7 nitrogen and oxygen atoms in total. The highest BCUT2D eigenvalue weighted by Crippen LogP contribution is 2.32. The number of nitrogens with two attached hydrogens (primary N) is 1. The Morgan fingerprint density at radius 3 is 2.39 bits per heavy atom. The molecule has 1 atom stereocenters. The third kappa shape index (κ3) is 5.12. The summed E-state index contributed by atoms with van der Waals surface area (Å²) in [5.41, 5.74) is 4.12. The van der Waals surface area contributed by atoms with E-state index in [2.05, 4.69) is 0 Å². The first kappa shape index (κ1) is 21.0. The van der Waals surface area contributed by atoms with E-state index in [0.717, 1.165) is 12.1 Å². The molecule has 3 N–H and O–H groups in total. The largest absolute Gasteiger partial charge is 0.449 e. The van der Waals surface area contributed by atoms with E-state index in [0.29, 0.717) is 0 Å². The summed E-state index contributed by atoms with van der Waals surface area (Å²) in [6.07, 6.45) is -5.84. The Labute approximate surface area is 157 Å². The number of imide groups is 1. The van der Waals surface area contributed by atoms with Crippen molar-refractivity contribution >= 4 is 17.9 Å². The van der Waals surface area contributed by atoms with Gasteiger partial charge in [-0.2, -0.15) is 13.2 Å². The predicted octanol–water partition coefficient (Wildman–Crippen LogP) is 3.34. The van der Waals surface area contributed by atoms with Crippen LogP contribution in [0.15, 0.2) is 40.8 Å². The van der Waals surface area contributed by atoms with Crippen molar-refractivity contribution in [1.82, 2.24) is 5.32 Å². The minimum atomic E-state index is -4.53. The smallest absolute Gasteiger partial charge is 0.416 e. The maximum absolute atomic E-state index is 12.8. The van der Waals surface area contributed by atoms with Crippen LogP contribution < -0.4 is 11.1 Å². The molecule has 0 saturated heterocycles. The van der Waals surface area contributed by atoms with Crippen LogP contribution in [-0.2, 0) is 15.7 Å². The van der Waals surface area contributed by atoms with Gasteiger partial charge in [0.1, 0.15) is 5.76 Å². The number of hydrogen-bond acceptors (Lipinski definition) is 5. The first-order valence-corrected chi connectivity index (χ1v) is 8.07. The molecular formula is C18H17F3N2O5. The summed E-state index contributed by atoms with van der Waals surface area (Å²) >= 11 is 0. The molecule has 0 saturated carbocycles. The van der Waals surface area contributed by atoms with Gasteiger partial charge in [-0.1, -0.05) is 26.0 Å². The molecule has 0 spiro atoms. The zero-order valence-electron chi connectivity index (χ0n) is 14.9. The summed E-state index contributed by atoms with van der Waals surface area (Å²) in [7, 11) is 0. The van der Waals surface area contributed by atoms with E-state index in [4.69, 9.17) is 14.9 Å². The van der Waals surface area contributed by atoms with Crippen molar-refractivity contribution in [3.05, 3.63) is 47.7 Å². The average Bonchev–Trinajstić information content (AvgIpc) is 3.08. The summed E-state index contributed by atoms with van der Waals surface area (Å²) < 4.78 is 48.8. The highest BCUT2D eigenvalue weighted by Gasteiger charge is 2.31. The van der Waals surface area contributed by atoms with Crippen molar-refractivity contribution in [2.45, 2.75) is 26.1 Å². The van der Waals surface area contributed by atoms with Crippen LogP contribution >= 0.6 is 0 Å². The maximum atomic E-state index is 12.8. The number of benzene rings is 1. The molecule has 3 amide bonds. The van der Waals surface area contributed by atoms with E-state index in [1.165, 1.54) is 24.3 Å². The molecule has 1 heterocycles. The molecule has 2 rings (SSSR count). The number of carbonyl (C=O) groups is 3. The minimum absolute atomic E-state index is 0.0146. The SMILES string of the molecule is CC(C)[C@@H](OC(=O)c1ccc(-c2cccc(C(F)(F)F)c2)o1)C(=O)NC(N)=O. The number of furan rings is 1. The summed E-state index contributed by atoms with van der Waals surface area (Å²) in [4.78, 5) is 34.9. The van der Waals surface area contributed by atoms with Gasteiger partial charge in [0, 0.05) is 5.56 Å². The number of carbonyl (C=O) groups excluding carboxylic acids is 3. The van der Waals surface area contributed by atoms with Crippen molar-refractivity contribution in [2.75, 3.05) is 0 Å². The van der Waals surface area contributed by atoms with E-state index in [1.807, 2.05) is 5.32 Å². The number of esters is 1. The van der Waals surface area contributed by atoms with Crippen molar-refractivity contribution < 1.29 is 36.7 Å². The van der Waals surface area contributed by atoms with Crippen molar-refractivity contribution in [3.63, 3.8) is 0 Å². The van der Waals surface area contributed by atoms with Crippen LogP contribution in [0.4, 0.5) is 18.0 Å². The number of ether oxygens (including phenoxy) is 1. The van der Waals surface area contributed by atoms with E-state index < -0.39 is 41.7 Å². The summed E-state index contributed by atoms with van der Waals surface area (Å²) in [6.45, 7) is 3.16. The Morgan fingerprint density at radius 1 is 1.14 bits per heavy atom. The maximum Gasteiger partial charge on any atom is 0.416 e. The molecule has 0 aliphatic carbocycles. The van der Waals surface area contributed by atoms with Crippen LogP contribution in [0.1, 0.15) is 30.0 Å². The predicted molar refractivity (Wildman–Crippen MR) is 90.9 cm³/mol. The molecule has 150 valence electrons. The molecule has 0 bridgehead atoms. The van der Waals surface area contributed by atoms with Gasteiger partial charge in [0.25, 0.3) is 5.91 Å². The fourth-order valence-corrected chi connectivity index (χ4v) is 2.31. The lowest BCUT2D eigenvalue weighted by atomic mass is 10.1. The van der Waals surface area contributed by atoms with E-state index >= 15 is 0 Å². The zero-order chi connectivity index (χ0) is 21.1. The standard InChI is InChI=1S/C18H17F3N2O5/c1-9(2)14(15(24)23-17(22)26)28-16(25)13-7-6-12(27-13)10-4-3-5-11(8-10)18(19,20)21/h3-9,14H,1-2H3,(H3,22,23,24,26)/t14-/m1/s1. The Kier molecular flexibility index (Phi) is 6.12. The highest BCUT2D eigenvalue weighted by molar-refractivity contribution is 5.97. The second-order valence-corrected chi connectivity index (χ2v) is 6.17. The molecular weight excluding hydrogens is 381 g/mol. The highest BCUT2D eigenvalue weighted by atomic mass is 19.4. The van der Waals surface area contributed by atoms with Crippen LogP contribution in [0.5, 0.6) is 0 Å². The topological polar surface area (TPSA) is 112 Å². The summed E-state index contributed by atoms with van der Waals surface area (Å²) in [6, 6.07) is 5.80. The Hall–Kier alpha value is -3.30. The lowest BCUT2D eigenvalue weighted by molar-refractivity contribution is -0.137. The Balaban J connectivity index is 2.20. The number of primary amides is 1. The Bertz CT molecular complexity index is 889. The summed E-state index contributed by atoms with van der Waals surface area (Å²) in [5.74, 6) is -2.70. The van der Waals surface area contributed by atoms with Gasteiger partial charge in [0.2, 0.25) is 5.76 Å². The molecule has 0 unspecified atom stereocenters. The van der Waals surface area contributed by atoms with Gasteiger partial charge in [0.05, 0.1) is 5.56 Å². The van der Waals surface area contributed by atoms with Gasteiger partial charge >= 0.3 is 18.2 Å². The second-order valence-electron chi connectivity index (χ2n) is 6.17. The lowest BCUT2D eigenvalue weighted by Crippen LogP contribution is -2.45. The first-order chi connectivity index (χ1) is 13.0. The van der Waals surface area contributed by atoms with Crippen LogP contribution in [0, 0.1) is 5.92 Å². The lowest BCUT2D eigenvalue weighted by Gasteiger charge is -2.19. The van der Waals surface area contributed by atoms with E-state index in [-0.39, 0.29) is 17.1 Å². The number of hydrogen-bond donors (Lipinski definition) is 2. The quantitative estimate of drug-likeness (QED) is 0.751. The third-order valence-electron chi connectivity index (χ3n) is 3.63. The molecule has 2 aromatic rings. The van der Waals surface area contributed by atoms with Crippen LogP contribution in [0.3, 0.4) is 0 Å². The number of rotatable bonds is 5. The first-order valence-electron chi connectivity index (χ1n) is 8.07. The van der Waals surface area contributed by atoms with Crippen LogP contribution in [0.2, 0.25) is 0 Å². The molecule has 1 aromatic heterocycles. The van der Waals surface area contributed by atoms with Crippen LogP contribution in [0.25, 0.3) is 11.3 Å². The Morgan fingerprint density at radius 2 is 1.82 bits per heavy atom. The third-order valence-corrected chi connectivity index (χ3v) is 3.63. The molecule has 0 aliphatic heterocycles. The van der Waals surface area contributed by atoms with Crippen molar-refractivity contribution in [2.24, 2.45) is 11.7 Å². The second kappa shape index (κ2) is 8.15. The van der Waals surface area contributed by atoms with Gasteiger partial charge < -0.3 is 14.9 Å². The molecule has 0 fully saturated rings. The van der Waals surface area contributed by atoms with Gasteiger partial charge in [-0.25, -0.2) is 9.59 Å². The number of alkyl halides is 3. The number of urea groups is 1. The number of amides is 3. The minimum Gasteiger partial charge on any atom is -0.449 e. The van der Waals surface area contributed by atoms with Crippen molar-refractivity contribution in [3.8, 4) is 11.3 Å². The molecule has 0 aliphatic rings. The monoisotopic (exact) mass is 398 g/mol. The van der Waals surface area contributed by atoms with Crippen molar-refractivity contribution in [1.29, 1.82) is 0 Å². The molecule has 10 heteroatoms. The zero-order valence-corrected chi connectivity index (χ0v) is 14.9. The molecule has 28 heavy (non-hydrogen) atoms. The molecule has 0 radical (unpaired) electrons. The van der Waals surface area contributed by atoms with Gasteiger partial charge in [-0.05, 0) is 30.2 Å². The fraction of sp³-hybridized carbons (Fsp3) is 0.278. The van der Waals surface area contributed by atoms with Gasteiger partial charge in [-0.3, -0.25) is 10.1 Å². The average molecular weight is 398 g/mol. The van der Waals surface area contributed by atoms with Gasteiger partial charge in [0.15, 0.2) is 6.10 Å². The van der Waals surface area contributed by atoms with E-state index in [1.54, 1.807) is 13.8 Å². The number of nitrogens with one attached hydrogen (secondary N) is 1. The number of halogens is 3. The van der Waals surface area contributed by atoms with Gasteiger partial charge in [-0.15, -0.1) is 0 Å². The fourth-order valence-electron chi connectivity index (χ4n) is 2.31. The van der Waals surface area contributed by atoms with Crippen LogP contribution in [-0.4, -0.2) is 24.0 Å². The molecule has 1 aromatic carbocycles. The van der Waals surface area contributed by atoms with E-state index in [9.17, 15) is 27.6 Å². The normalized spacial score (nSPS) is 12.5. The summed E-state index contributed by atoms with van der Waals surface area (Å²) in [5, 5.41) is 1.82.